The highest BCUT2D eigenvalue weighted by atomic mass is 16.5. The maximum absolute atomic E-state index is 5.63. The van der Waals surface area contributed by atoms with Crippen molar-refractivity contribution in [2.45, 2.75) is 32.2 Å². The van der Waals surface area contributed by atoms with E-state index in [2.05, 4.69) is 22.8 Å². The first-order valence-electron chi connectivity index (χ1n) is 6.59. The van der Waals surface area contributed by atoms with Gasteiger partial charge in [0, 0.05) is 6.04 Å². The van der Waals surface area contributed by atoms with Crippen LogP contribution in [0.3, 0.4) is 0 Å². The first kappa shape index (κ1) is 12.2. The number of nitrogens with one attached hydrogen (secondary N) is 2. The second kappa shape index (κ2) is 6.50. The van der Waals surface area contributed by atoms with Crippen LogP contribution in [0, 0.1) is 0 Å². The van der Waals surface area contributed by atoms with Crippen LogP contribution in [0.5, 0.6) is 5.75 Å². The summed E-state index contributed by atoms with van der Waals surface area (Å²) < 4.78 is 5.63. The van der Waals surface area contributed by atoms with Gasteiger partial charge in [-0.05, 0) is 51.4 Å². The van der Waals surface area contributed by atoms with Crippen molar-refractivity contribution in [3.05, 3.63) is 24.3 Å². The molecule has 1 atom stereocenters. The predicted molar refractivity (Wildman–Crippen MR) is 71.7 cm³/mol. The maximum Gasteiger partial charge on any atom is 0.142 e. The van der Waals surface area contributed by atoms with Crippen LogP contribution in [0.2, 0.25) is 0 Å². The normalized spacial score (nSPS) is 20.6. The third-order valence-corrected chi connectivity index (χ3v) is 3.12. The van der Waals surface area contributed by atoms with E-state index in [9.17, 15) is 0 Å². The van der Waals surface area contributed by atoms with E-state index in [-0.39, 0.29) is 0 Å². The Morgan fingerprint density at radius 3 is 3.06 bits per heavy atom. The Hall–Kier alpha value is -1.22. The molecule has 0 spiro atoms. The average Bonchev–Trinajstić information content (AvgIpc) is 2.61. The third kappa shape index (κ3) is 3.63. The van der Waals surface area contributed by atoms with Crippen molar-refractivity contribution in [1.29, 1.82) is 0 Å². The van der Waals surface area contributed by atoms with Crippen LogP contribution in [0.1, 0.15) is 26.2 Å². The monoisotopic (exact) mass is 234 g/mol. The van der Waals surface area contributed by atoms with Crippen molar-refractivity contribution in [1.82, 2.24) is 5.32 Å². The first-order chi connectivity index (χ1) is 8.40. The van der Waals surface area contributed by atoms with Gasteiger partial charge in [0.25, 0.3) is 0 Å². The fourth-order valence-electron chi connectivity index (χ4n) is 2.25. The third-order valence-electron chi connectivity index (χ3n) is 3.12. The van der Waals surface area contributed by atoms with Crippen molar-refractivity contribution < 1.29 is 4.74 Å². The molecule has 1 aliphatic rings. The average molecular weight is 234 g/mol. The van der Waals surface area contributed by atoms with Crippen molar-refractivity contribution in [2.75, 3.05) is 25.0 Å². The summed E-state index contributed by atoms with van der Waals surface area (Å²) >= 11 is 0. The largest absolute Gasteiger partial charge is 0.492 e. The lowest BCUT2D eigenvalue weighted by molar-refractivity contribution is 0.341. The molecule has 1 saturated heterocycles. The Morgan fingerprint density at radius 1 is 1.29 bits per heavy atom. The van der Waals surface area contributed by atoms with Crippen LogP contribution in [0.15, 0.2) is 24.3 Å². The Balaban J connectivity index is 2.00. The quantitative estimate of drug-likeness (QED) is 0.840. The summed E-state index contributed by atoms with van der Waals surface area (Å²) in [4.78, 5) is 0. The first-order valence-corrected chi connectivity index (χ1v) is 6.59. The molecule has 1 unspecified atom stereocenters. The lowest BCUT2D eigenvalue weighted by atomic mass is 10.1. The molecule has 94 valence electrons. The zero-order valence-corrected chi connectivity index (χ0v) is 10.5. The van der Waals surface area contributed by atoms with Crippen molar-refractivity contribution in [2.24, 2.45) is 0 Å². The highest BCUT2D eigenvalue weighted by Crippen LogP contribution is 2.25. The van der Waals surface area contributed by atoms with E-state index >= 15 is 0 Å². The van der Waals surface area contributed by atoms with Crippen LogP contribution in [0.25, 0.3) is 0 Å². The summed E-state index contributed by atoms with van der Waals surface area (Å²) in [6, 6.07) is 8.76. The highest BCUT2D eigenvalue weighted by Gasteiger charge is 2.13. The van der Waals surface area contributed by atoms with Crippen molar-refractivity contribution in [3.8, 4) is 5.75 Å². The van der Waals surface area contributed by atoms with Crippen LogP contribution in [-0.4, -0.2) is 25.7 Å². The number of anilines is 1. The molecule has 1 aromatic carbocycles. The van der Waals surface area contributed by atoms with E-state index < -0.39 is 0 Å². The van der Waals surface area contributed by atoms with Gasteiger partial charge in [0.1, 0.15) is 5.75 Å². The molecule has 0 radical (unpaired) electrons. The smallest absolute Gasteiger partial charge is 0.142 e. The topological polar surface area (TPSA) is 33.3 Å². The number of hydrogen-bond acceptors (Lipinski definition) is 3. The van der Waals surface area contributed by atoms with Gasteiger partial charge in [0.2, 0.25) is 0 Å². The summed E-state index contributed by atoms with van der Waals surface area (Å²) in [5.41, 5.74) is 1.13. The second-order valence-electron chi connectivity index (χ2n) is 4.45. The van der Waals surface area contributed by atoms with Gasteiger partial charge in [-0.15, -0.1) is 0 Å². The van der Waals surface area contributed by atoms with Gasteiger partial charge in [0.15, 0.2) is 0 Å². The van der Waals surface area contributed by atoms with E-state index in [4.69, 9.17) is 4.74 Å². The highest BCUT2D eigenvalue weighted by molar-refractivity contribution is 5.56. The molecule has 3 nitrogen and oxygen atoms in total. The minimum atomic E-state index is 0.562. The zero-order valence-electron chi connectivity index (χ0n) is 10.5. The maximum atomic E-state index is 5.63. The number of hydrogen-bond donors (Lipinski definition) is 2. The van der Waals surface area contributed by atoms with Crippen LogP contribution in [0.4, 0.5) is 5.69 Å². The second-order valence-corrected chi connectivity index (χ2v) is 4.45. The minimum absolute atomic E-state index is 0.562. The van der Waals surface area contributed by atoms with Gasteiger partial charge in [-0.1, -0.05) is 12.1 Å². The van der Waals surface area contributed by atoms with Gasteiger partial charge in [-0.3, -0.25) is 0 Å². The molecular formula is C14H22N2O. The number of benzene rings is 1. The molecule has 0 bridgehead atoms. The predicted octanol–water partition coefficient (Wildman–Crippen LogP) is 2.64. The molecular weight excluding hydrogens is 212 g/mol. The van der Waals surface area contributed by atoms with Gasteiger partial charge >= 0.3 is 0 Å². The van der Waals surface area contributed by atoms with E-state index in [1.165, 1.54) is 19.3 Å². The Labute approximate surface area is 104 Å². The van der Waals surface area contributed by atoms with E-state index in [0.717, 1.165) is 24.5 Å². The van der Waals surface area contributed by atoms with Gasteiger partial charge in [0.05, 0.1) is 12.3 Å². The molecule has 0 aromatic heterocycles. The minimum Gasteiger partial charge on any atom is -0.492 e. The van der Waals surface area contributed by atoms with Gasteiger partial charge in [-0.2, -0.15) is 0 Å². The lowest BCUT2D eigenvalue weighted by Crippen LogP contribution is -2.21. The Morgan fingerprint density at radius 2 is 2.18 bits per heavy atom. The summed E-state index contributed by atoms with van der Waals surface area (Å²) in [7, 11) is 0. The summed E-state index contributed by atoms with van der Waals surface area (Å²) in [6.07, 6.45) is 3.66. The SMILES string of the molecule is CCOc1ccccc1NC1CCCNCC1. The Kier molecular flexibility index (Phi) is 4.68. The fourth-order valence-corrected chi connectivity index (χ4v) is 2.25. The summed E-state index contributed by atoms with van der Waals surface area (Å²) in [6.45, 7) is 4.98. The molecule has 2 N–H and O–H groups in total. The van der Waals surface area contributed by atoms with Crippen LogP contribution in [-0.2, 0) is 0 Å². The van der Waals surface area contributed by atoms with E-state index in [0.29, 0.717) is 12.6 Å². The summed E-state index contributed by atoms with van der Waals surface area (Å²) in [5.74, 6) is 0.965. The fraction of sp³-hybridized carbons (Fsp3) is 0.571. The zero-order chi connectivity index (χ0) is 11.9. The van der Waals surface area contributed by atoms with Crippen molar-refractivity contribution >= 4 is 5.69 Å². The molecule has 1 aliphatic heterocycles. The Bertz CT molecular complexity index is 333. The number of rotatable bonds is 4. The van der Waals surface area contributed by atoms with Gasteiger partial charge in [-0.25, -0.2) is 0 Å². The lowest BCUT2D eigenvalue weighted by Gasteiger charge is -2.19. The van der Waals surface area contributed by atoms with Crippen LogP contribution >= 0.6 is 0 Å². The molecule has 3 heteroatoms. The van der Waals surface area contributed by atoms with Gasteiger partial charge < -0.3 is 15.4 Å². The molecule has 0 aliphatic carbocycles. The molecule has 0 amide bonds. The molecule has 17 heavy (non-hydrogen) atoms. The summed E-state index contributed by atoms with van der Waals surface area (Å²) in [5, 5.41) is 7.04. The molecule has 1 aromatic rings. The molecule has 2 rings (SSSR count). The molecule has 1 heterocycles. The van der Waals surface area contributed by atoms with Crippen LogP contribution < -0.4 is 15.4 Å². The molecule has 0 saturated carbocycles. The van der Waals surface area contributed by atoms with E-state index in [1.807, 2.05) is 19.1 Å². The standard InChI is InChI=1S/C14H22N2O/c1-2-17-14-8-4-3-7-13(14)16-12-6-5-10-15-11-9-12/h3-4,7-8,12,15-16H,2,5-6,9-11H2,1H3. The van der Waals surface area contributed by atoms with Crippen molar-refractivity contribution in [3.63, 3.8) is 0 Å². The number of para-hydroxylation sites is 2. The van der Waals surface area contributed by atoms with E-state index in [1.54, 1.807) is 0 Å². The number of ether oxygens (including phenoxy) is 1. The molecule has 1 fully saturated rings.